The number of hydrogen-bond acceptors (Lipinski definition) is 9. The highest BCUT2D eigenvalue weighted by Crippen LogP contribution is 2.27. The second-order valence-electron chi connectivity index (χ2n) is 8.96. The molecule has 186 valence electrons. The minimum atomic E-state index is -1.00. The average Bonchev–Trinajstić information content (AvgIpc) is 2.88. The zero-order chi connectivity index (χ0) is 24.9. The Morgan fingerprint density at radius 2 is 1.74 bits per heavy atom. The Bertz CT molecular complexity index is 1110. The lowest BCUT2D eigenvalue weighted by Crippen LogP contribution is -2.53. The summed E-state index contributed by atoms with van der Waals surface area (Å²) in [5.41, 5.74) is 5.03. The number of ether oxygens (including phenoxy) is 2. The van der Waals surface area contributed by atoms with Crippen molar-refractivity contribution in [3.63, 3.8) is 0 Å². The van der Waals surface area contributed by atoms with Gasteiger partial charge in [0.15, 0.2) is 12.1 Å². The van der Waals surface area contributed by atoms with Crippen LogP contribution in [0.25, 0.3) is 0 Å². The summed E-state index contributed by atoms with van der Waals surface area (Å²) in [6.07, 6.45) is 2.26. The summed E-state index contributed by atoms with van der Waals surface area (Å²) in [6.45, 7) is 8.82. The van der Waals surface area contributed by atoms with Crippen LogP contribution < -0.4 is 9.80 Å². The zero-order valence-corrected chi connectivity index (χ0v) is 21.0. The molecule has 1 unspecified atom stereocenters. The van der Waals surface area contributed by atoms with Crippen LogP contribution in [0.1, 0.15) is 41.1 Å². The van der Waals surface area contributed by atoms with Crippen molar-refractivity contribution >= 4 is 11.6 Å². The maximum absolute atomic E-state index is 10.4. The third-order valence-electron chi connectivity index (χ3n) is 6.72. The van der Waals surface area contributed by atoms with E-state index in [0.29, 0.717) is 5.69 Å². The van der Waals surface area contributed by atoms with Crippen LogP contribution in [-0.2, 0) is 15.9 Å². The number of aliphatic hydroxyl groups is 1. The summed E-state index contributed by atoms with van der Waals surface area (Å²) in [6, 6.07) is 10.6. The van der Waals surface area contributed by atoms with Gasteiger partial charge in [0.2, 0.25) is 0 Å². The number of anilines is 2. The molecule has 1 saturated heterocycles. The molecule has 0 radical (unpaired) electrons. The van der Waals surface area contributed by atoms with Crippen LogP contribution in [0.3, 0.4) is 0 Å². The fourth-order valence-corrected chi connectivity index (χ4v) is 4.52. The van der Waals surface area contributed by atoms with Gasteiger partial charge in [0.05, 0.1) is 23.8 Å². The molecule has 1 fully saturated rings. The maximum Gasteiger partial charge on any atom is 0.188 e. The fourth-order valence-electron chi connectivity index (χ4n) is 4.52. The lowest BCUT2D eigenvalue weighted by Gasteiger charge is -2.41. The van der Waals surface area contributed by atoms with Gasteiger partial charge in [0, 0.05) is 46.3 Å². The highest BCUT2D eigenvalue weighted by molar-refractivity contribution is 5.53. The van der Waals surface area contributed by atoms with E-state index in [9.17, 15) is 5.11 Å². The van der Waals surface area contributed by atoms with Gasteiger partial charge in [-0.1, -0.05) is 30.3 Å². The van der Waals surface area contributed by atoms with E-state index >= 15 is 0 Å². The molecule has 0 bridgehead atoms. The molecule has 0 spiro atoms. The van der Waals surface area contributed by atoms with E-state index < -0.39 is 12.4 Å². The molecule has 2 atom stereocenters. The van der Waals surface area contributed by atoms with E-state index in [2.05, 4.69) is 75.0 Å². The first-order valence-electron chi connectivity index (χ1n) is 11.9. The van der Waals surface area contributed by atoms with E-state index in [1.165, 1.54) is 30.9 Å². The van der Waals surface area contributed by atoms with Gasteiger partial charge in [-0.15, -0.1) is 5.10 Å². The Morgan fingerprint density at radius 3 is 2.37 bits per heavy atom. The van der Waals surface area contributed by atoms with Gasteiger partial charge in [-0.3, -0.25) is 4.98 Å². The van der Waals surface area contributed by atoms with Crippen molar-refractivity contribution in [2.75, 3.05) is 43.7 Å². The molecular formula is C26H34N6O3. The van der Waals surface area contributed by atoms with Crippen LogP contribution in [0.15, 0.2) is 42.7 Å². The minimum Gasteiger partial charge on any atom is -0.381 e. The summed E-state index contributed by atoms with van der Waals surface area (Å²) in [5, 5.41) is 19.6. The predicted molar refractivity (Wildman–Crippen MR) is 135 cm³/mol. The number of nitrogens with zero attached hydrogens (tertiary/aromatic N) is 6. The lowest BCUT2D eigenvalue weighted by atomic mass is 10.0. The molecule has 9 heteroatoms. The summed E-state index contributed by atoms with van der Waals surface area (Å²) < 4.78 is 10.2. The molecule has 4 rings (SSSR count). The maximum atomic E-state index is 10.4. The first-order chi connectivity index (χ1) is 16.9. The molecule has 3 heterocycles. The van der Waals surface area contributed by atoms with Crippen molar-refractivity contribution in [2.24, 2.45) is 0 Å². The number of methoxy groups -OCH3 is 2. The topological polar surface area (TPSA) is 96.7 Å². The van der Waals surface area contributed by atoms with Gasteiger partial charge in [-0.2, -0.15) is 5.10 Å². The molecule has 1 aromatic carbocycles. The van der Waals surface area contributed by atoms with Crippen LogP contribution in [0.5, 0.6) is 0 Å². The van der Waals surface area contributed by atoms with Crippen molar-refractivity contribution in [3.05, 3.63) is 70.8 Å². The average molecular weight is 479 g/mol. The minimum absolute atomic E-state index is 0.199. The van der Waals surface area contributed by atoms with E-state index in [1.54, 1.807) is 12.4 Å². The molecule has 9 nitrogen and oxygen atoms in total. The predicted octanol–water partition coefficient (Wildman–Crippen LogP) is 2.84. The van der Waals surface area contributed by atoms with Gasteiger partial charge in [0.1, 0.15) is 11.9 Å². The summed E-state index contributed by atoms with van der Waals surface area (Å²) in [7, 11) is 2.95. The second-order valence-corrected chi connectivity index (χ2v) is 8.96. The molecule has 1 N–H and O–H groups in total. The Balaban J connectivity index is 1.44. The van der Waals surface area contributed by atoms with Crippen LogP contribution in [0.2, 0.25) is 0 Å². The Morgan fingerprint density at radius 1 is 1.00 bits per heavy atom. The number of benzene rings is 1. The quantitative estimate of drug-likeness (QED) is 0.490. The Hall–Kier alpha value is -3.14. The fraction of sp³-hybridized carbons (Fsp3) is 0.462. The Labute approximate surface area is 206 Å². The van der Waals surface area contributed by atoms with E-state index in [4.69, 9.17) is 9.47 Å². The summed E-state index contributed by atoms with van der Waals surface area (Å²) in [5.74, 6) is 1.72. The number of hydrogen-bond donors (Lipinski definition) is 1. The van der Waals surface area contributed by atoms with Crippen LogP contribution in [0.4, 0.5) is 11.6 Å². The van der Waals surface area contributed by atoms with Crippen molar-refractivity contribution in [2.45, 2.75) is 45.6 Å². The van der Waals surface area contributed by atoms with Gasteiger partial charge >= 0.3 is 0 Å². The molecule has 1 aliphatic rings. The molecule has 0 aliphatic carbocycles. The lowest BCUT2D eigenvalue weighted by molar-refractivity contribution is -0.167. The first-order valence-corrected chi connectivity index (χ1v) is 11.9. The van der Waals surface area contributed by atoms with Crippen LogP contribution in [-0.4, -0.2) is 71.5 Å². The number of rotatable bonds is 8. The SMILES string of the molecule is COC(OC)C(O)c1cnc(N2CCN(c3nnc(Cc4ccccc4)c(C)c3C)C[C@H]2C)cn1. The zero-order valence-electron chi connectivity index (χ0n) is 21.0. The highest BCUT2D eigenvalue weighted by Gasteiger charge is 2.28. The smallest absolute Gasteiger partial charge is 0.188 e. The molecule has 0 saturated carbocycles. The van der Waals surface area contributed by atoms with Crippen molar-refractivity contribution in [1.29, 1.82) is 0 Å². The van der Waals surface area contributed by atoms with E-state index in [0.717, 1.165) is 43.4 Å². The molecule has 35 heavy (non-hydrogen) atoms. The molecule has 1 aliphatic heterocycles. The highest BCUT2D eigenvalue weighted by atomic mass is 16.7. The summed E-state index contributed by atoms with van der Waals surface area (Å²) >= 11 is 0. The largest absolute Gasteiger partial charge is 0.381 e. The molecule has 0 amide bonds. The monoisotopic (exact) mass is 478 g/mol. The van der Waals surface area contributed by atoms with Crippen molar-refractivity contribution < 1.29 is 14.6 Å². The summed E-state index contributed by atoms with van der Waals surface area (Å²) in [4.78, 5) is 13.5. The normalized spacial score (nSPS) is 17.2. The molecular weight excluding hydrogens is 444 g/mol. The van der Waals surface area contributed by atoms with Crippen molar-refractivity contribution in [1.82, 2.24) is 20.2 Å². The Kier molecular flexibility index (Phi) is 7.90. The van der Waals surface area contributed by atoms with Gasteiger partial charge in [0.25, 0.3) is 0 Å². The number of aromatic nitrogens is 4. The third-order valence-corrected chi connectivity index (χ3v) is 6.72. The molecule has 2 aromatic heterocycles. The number of aliphatic hydroxyl groups excluding tert-OH is 1. The standard InChI is InChI=1S/C26H34N6O3/c1-17-16-31(25-19(3)18(2)21(29-30-25)13-20-9-7-6-8-10-20)11-12-32(17)23-15-27-22(14-28-23)24(33)26(34-4)35-5/h6-10,14-15,17,24,26,33H,11-13,16H2,1-5H3/t17-,24?/m1/s1. The van der Waals surface area contributed by atoms with Gasteiger partial charge < -0.3 is 24.4 Å². The van der Waals surface area contributed by atoms with Crippen LogP contribution >= 0.6 is 0 Å². The van der Waals surface area contributed by atoms with E-state index in [-0.39, 0.29) is 6.04 Å². The van der Waals surface area contributed by atoms with Crippen molar-refractivity contribution in [3.8, 4) is 0 Å². The van der Waals surface area contributed by atoms with E-state index in [1.807, 2.05) is 6.07 Å². The second kappa shape index (κ2) is 11.1. The number of piperazine rings is 1. The van der Waals surface area contributed by atoms with Crippen LogP contribution in [0, 0.1) is 13.8 Å². The van der Waals surface area contributed by atoms with Gasteiger partial charge in [-0.05, 0) is 37.5 Å². The third kappa shape index (κ3) is 5.42. The molecule has 3 aromatic rings. The first kappa shape index (κ1) is 25.0. The van der Waals surface area contributed by atoms with Gasteiger partial charge in [-0.25, -0.2) is 4.98 Å².